The lowest BCUT2D eigenvalue weighted by atomic mass is 10.1. The van der Waals surface area contributed by atoms with E-state index >= 15 is 0 Å². The molecular weight excluding hydrogens is 270 g/mol. The van der Waals surface area contributed by atoms with Gasteiger partial charge in [-0.1, -0.05) is 12.2 Å². The molecule has 0 spiro atoms. The molecule has 110 valence electrons. The van der Waals surface area contributed by atoms with E-state index in [1.807, 2.05) is 13.8 Å². The Labute approximate surface area is 125 Å². The number of anilines is 1. The van der Waals surface area contributed by atoms with Crippen molar-refractivity contribution in [2.24, 2.45) is 5.73 Å². The maximum absolute atomic E-state index is 5.84. The molecule has 1 aromatic rings. The number of rotatable bonds is 5. The zero-order valence-electron chi connectivity index (χ0n) is 12.4. The fourth-order valence-corrected chi connectivity index (χ4v) is 2.89. The number of nitrogens with zero attached hydrogens (tertiary/aromatic N) is 3. The van der Waals surface area contributed by atoms with E-state index in [-0.39, 0.29) is 6.04 Å². The normalized spacial score (nSPS) is 17.1. The molecule has 6 heteroatoms. The molecule has 0 bridgehead atoms. The van der Waals surface area contributed by atoms with Crippen molar-refractivity contribution in [3.63, 3.8) is 0 Å². The quantitative estimate of drug-likeness (QED) is 0.804. The van der Waals surface area contributed by atoms with Crippen LogP contribution in [0.4, 0.5) is 5.82 Å². The Morgan fingerprint density at radius 1 is 1.35 bits per heavy atom. The van der Waals surface area contributed by atoms with Gasteiger partial charge in [0.15, 0.2) is 5.82 Å². The van der Waals surface area contributed by atoms with Gasteiger partial charge in [-0.2, -0.15) is 5.10 Å². The van der Waals surface area contributed by atoms with Crippen LogP contribution in [-0.4, -0.2) is 45.8 Å². The van der Waals surface area contributed by atoms with Gasteiger partial charge >= 0.3 is 0 Å². The van der Waals surface area contributed by atoms with E-state index < -0.39 is 0 Å². The zero-order valence-corrected chi connectivity index (χ0v) is 13.3. The van der Waals surface area contributed by atoms with Gasteiger partial charge in [0, 0.05) is 12.6 Å². The number of thiocarbonyl (C=S) groups is 1. The Morgan fingerprint density at radius 2 is 2.00 bits per heavy atom. The van der Waals surface area contributed by atoms with Crippen LogP contribution in [0.1, 0.15) is 36.6 Å². The van der Waals surface area contributed by atoms with Crippen molar-refractivity contribution in [2.45, 2.75) is 39.7 Å². The van der Waals surface area contributed by atoms with E-state index in [9.17, 15) is 0 Å². The number of nitrogens with two attached hydrogens (primary N) is 1. The summed E-state index contributed by atoms with van der Waals surface area (Å²) in [6, 6.07) is 0.289. The Bertz CT molecular complexity index is 497. The summed E-state index contributed by atoms with van der Waals surface area (Å²) in [6.07, 6.45) is 2.60. The van der Waals surface area contributed by atoms with Crippen molar-refractivity contribution in [3.05, 3.63) is 16.8 Å². The summed E-state index contributed by atoms with van der Waals surface area (Å²) in [6.45, 7) is 9.43. The van der Waals surface area contributed by atoms with Gasteiger partial charge in [-0.15, -0.1) is 5.10 Å². The predicted octanol–water partition coefficient (Wildman–Crippen LogP) is 1.62. The maximum atomic E-state index is 5.84. The van der Waals surface area contributed by atoms with Gasteiger partial charge in [0.05, 0.1) is 11.3 Å². The number of hydrogen-bond donors (Lipinski definition) is 2. The summed E-state index contributed by atoms with van der Waals surface area (Å²) >= 11 is 5.15. The Kier molecular flexibility index (Phi) is 4.88. The van der Waals surface area contributed by atoms with E-state index in [2.05, 4.69) is 27.3 Å². The minimum absolute atomic E-state index is 0.289. The largest absolute Gasteiger partial charge is 0.389 e. The van der Waals surface area contributed by atoms with Gasteiger partial charge in [-0.05, 0) is 52.3 Å². The maximum Gasteiger partial charge on any atom is 0.159 e. The second-order valence-corrected chi connectivity index (χ2v) is 5.99. The van der Waals surface area contributed by atoms with Crippen LogP contribution in [0, 0.1) is 13.8 Å². The van der Waals surface area contributed by atoms with Crippen LogP contribution in [0.15, 0.2) is 0 Å². The molecule has 1 fully saturated rings. The molecule has 1 aliphatic rings. The van der Waals surface area contributed by atoms with Crippen molar-refractivity contribution in [1.82, 2.24) is 15.1 Å². The summed E-state index contributed by atoms with van der Waals surface area (Å²) in [7, 11) is 0. The molecule has 1 saturated heterocycles. The fourth-order valence-electron chi connectivity index (χ4n) is 2.64. The standard InChI is InChI=1S/C14H23N5S/c1-9(8-19-6-4-5-7-19)16-14-12(13(15)20)10(2)11(3)17-18-14/h9H,4-8H2,1-3H3,(H2,15,20)(H,16,18). The molecule has 1 aliphatic heterocycles. The monoisotopic (exact) mass is 293 g/mol. The molecule has 20 heavy (non-hydrogen) atoms. The minimum atomic E-state index is 0.289. The average Bonchev–Trinajstić information content (AvgIpc) is 2.86. The van der Waals surface area contributed by atoms with Crippen LogP contribution < -0.4 is 11.1 Å². The van der Waals surface area contributed by atoms with Gasteiger partial charge in [-0.25, -0.2) is 0 Å². The molecule has 0 aliphatic carbocycles. The molecule has 1 atom stereocenters. The predicted molar refractivity (Wildman–Crippen MR) is 86.2 cm³/mol. The lowest BCUT2D eigenvalue weighted by Crippen LogP contribution is -2.34. The molecule has 2 rings (SSSR count). The molecule has 0 saturated carbocycles. The van der Waals surface area contributed by atoms with Crippen LogP contribution in [0.5, 0.6) is 0 Å². The molecule has 0 aromatic carbocycles. The molecular formula is C14H23N5S. The summed E-state index contributed by atoms with van der Waals surface area (Å²) in [5.41, 5.74) is 8.53. The number of aryl methyl sites for hydroxylation is 1. The zero-order chi connectivity index (χ0) is 14.7. The summed E-state index contributed by atoms with van der Waals surface area (Å²) < 4.78 is 0. The molecule has 5 nitrogen and oxygen atoms in total. The fraction of sp³-hybridized carbons (Fsp3) is 0.643. The summed E-state index contributed by atoms with van der Waals surface area (Å²) in [4.78, 5) is 2.84. The molecule has 0 amide bonds. The first-order chi connectivity index (χ1) is 9.49. The van der Waals surface area contributed by atoms with Crippen LogP contribution in [0.2, 0.25) is 0 Å². The van der Waals surface area contributed by atoms with Gasteiger partial charge < -0.3 is 16.0 Å². The smallest absolute Gasteiger partial charge is 0.159 e. The van der Waals surface area contributed by atoms with Crippen molar-refractivity contribution in [3.8, 4) is 0 Å². The van der Waals surface area contributed by atoms with Crippen molar-refractivity contribution >= 4 is 23.0 Å². The summed E-state index contributed by atoms with van der Waals surface area (Å²) in [5.74, 6) is 0.701. The SMILES string of the molecule is Cc1nnc(NC(C)CN2CCCC2)c(C(N)=S)c1C. The highest BCUT2D eigenvalue weighted by molar-refractivity contribution is 7.80. The third-order valence-corrected chi connectivity index (χ3v) is 4.02. The highest BCUT2D eigenvalue weighted by Gasteiger charge is 2.18. The van der Waals surface area contributed by atoms with E-state index in [0.717, 1.165) is 23.4 Å². The van der Waals surface area contributed by atoms with Gasteiger partial charge in [0.2, 0.25) is 0 Å². The molecule has 0 radical (unpaired) electrons. The Hall–Kier alpha value is -1.27. The average molecular weight is 293 g/mol. The third kappa shape index (κ3) is 3.43. The second-order valence-electron chi connectivity index (χ2n) is 5.55. The Morgan fingerprint density at radius 3 is 2.60 bits per heavy atom. The number of likely N-dealkylation sites (tertiary alicyclic amines) is 1. The molecule has 2 heterocycles. The van der Waals surface area contributed by atoms with Crippen molar-refractivity contribution in [2.75, 3.05) is 25.0 Å². The molecule has 3 N–H and O–H groups in total. The molecule has 1 aromatic heterocycles. The van der Waals surface area contributed by atoms with Crippen LogP contribution in [0.25, 0.3) is 0 Å². The lowest BCUT2D eigenvalue weighted by molar-refractivity contribution is 0.327. The van der Waals surface area contributed by atoms with Crippen LogP contribution in [0.3, 0.4) is 0 Å². The highest BCUT2D eigenvalue weighted by atomic mass is 32.1. The van der Waals surface area contributed by atoms with E-state index in [0.29, 0.717) is 10.8 Å². The lowest BCUT2D eigenvalue weighted by Gasteiger charge is -2.23. The second kappa shape index (κ2) is 6.45. The minimum Gasteiger partial charge on any atom is -0.389 e. The Balaban J connectivity index is 2.11. The molecule has 1 unspecified atom stereocenters. The van der Waals surface area contributed by atoms with Crippen molar-refractivity contribution < 1.29 is 0 Å². The van der Waals surface area contributed by atoms with E-state index in [4.69, 9.17) is 18.0 Å². The van der Waals surface area contributed by atoms with Gasteiger partial charge in [0.25, 0.3) is 0 Å². The summed E-state index contributed by atoms with van der Waals surface area (Å²) in [5, 5.41) is 11.8. The van der Waals surface area contributed by atoms with Gasteiger partial charge in [-0.3, -0.25) is 0 Å². The van der Waals surface area contributed by atoms with Gasteiger partial charge in [0.1, 0.15) is 4.99 Å². The first kappa shape index (κ1) is 15.1. The van der Waals surface area contributed by atoms with E-state index in [1.165, 1.54) is 25.9 Å². The van der Waals surface area contributed by atoms with Crippen LogP contribution in [-0.2, 0) is 0 Å². The number of nitrogens with one attached hydrogen (secondary N) is 1. The first-order valence-electron chi connectivity index (χ1n) is 7.11. The third-order valence-electron chi connectivity index (χ3n) is 3.81. The number of hydrogen-bond acceptors (Lipinski definition) is 5. The van der Waals surface area contributed by atoms with Crippen molar-refractivity contribution in [1.29, 1.82) is 0 Å². The van der Waals surface area contributed by atoms with Crippen LogP contribution >= 0.6 is 12.2 Å². The highest BCUT2D eigenvalue weighted by Crippen LogP contribution is 2.19. The first-order valence-corrected chi connectivity index (χ1v) is 7.52. The van der Waals surface area contributed by atoms with E-state index in [1.54, 1.807) is 0 Å². The topological polar surface area (TPSA) is 67.1 Å². The number of aromatic nitrogens is 2.